The van der Waals surface area contributed by atoms with E-state index < -0.39 is 0 Å². The van der Waals surface area contributed by atoms with Crippen molar-refractivity contribution in [2.24, 2.45) is 0 Å². The fourth-order valence-corrected chi connectivity index (χ4v) is 13.3. The molecular weight excluding hydrogens is 1500 g/mol. The summed E-state index contributed by atoms with van der Waals surface area (Å²) >= 11 is 104. The fraction of sp³-hybridized carbons (Fsp3) is 0.353. The second-order valence-electron chi connectivity index (χ2n) is 22.3. The Balaban J connectivity index is 1.34. The van der Waals surface area contributed by atoms with Crippen LogP contribution in [0.4, 0.5) is 22.7 Å². The zero-order valence-electron chi connectivity index (χ0n) is 49.5. The lowest BCUT2D eigenvalue weighted by atomic mass is 10.0. The van der Waals surface area contributed by atoms with Crippen LogP contribution in [0.2, 0.25) is 0 Å². The van der Waals surface area contributed by atoms with Gasteiger partial charge in [-0.1, -0.05) is 48.5 Å². The van der Waals surface area contributed by atoms with Gasteiger partial charge < -0.3 is 29.6 Å². The highest BCUT2D eigenvalue weighted by Gasteiger charge is 2.25. The summed E-state index contributed by atoms with van der Waals surface area (Å²) in [5.74, 6) is 2.10. The third-order valence-corrected chi connectivity index (χ3v) is 22.1. The number of hydrogen-bond acceptors (Lipinski definition) is 6. The number of H-pyrrole nitrogens is 2. The van der Waals surface area contributed by atoms with Gasteiger partial charge in [-0.3, -0.25) is 0 Å². The summed E-state index contributed by atoms with van der Waals surface area (Å²) in [4.78, 5) is 27.4. The molecule has 0 aliphatic carbocycles. The molecule has 24 heteroatoms. The van der Waals surface area contributed by atoms with Crippen LogP contribution in [0.25, 0.3) is 90.9 Å². The molecule has 7 aromatic rings. The van der Waals surface area contributed by atoms with E-state index in [1.807, 2.05) is 12.2 Å². The zero-order chi connectivity index (χ0) is 65.6. The van der Waals surface area contributed by atoms with E-state index in [0.29, 0.717) is 75.1 Å². The molecule has 0 fully saturated rings. The van der Waals surface area contributed by atoms with Gasteiger partial charge in [-0.05, 0) is 119 Å². The molecule has 0 spiro atoms. The van der Waals surface area contributed by atoms with Crippen LogP contribution in [0.1, 0.15) is 22.8 Å². The lowest BCUT2D eigenvalue weighted by molar-refractivity contribution is 0.757. The summed E-state index contributed by atoms with van der Waals surface area (Å²) in [6, 6.07) is 41.6. The van der Waals surface area contributed by atoms with E-state index in [4.69, 9.17) is 196 Å². The molecule has 2 aliphatic heterocycles. The summed E-state index contributed by atoms with van der Waals surface area (Å²) < 4.78 is 0. The minimum Gasteiger partial charge on any atom is -0.368 e. The number of alkyl halides is 16. The van der Waals surface area contributed by atoms with Crippen molar-refractivity contribution in [3.8, 4) is 44.5 Å². The Labute approximate surface area is 619 Å². The predicted octanol–water partition coefficient (Wildman–Crippen LogP) is 21.3. The van der Waals surface area contributed by atoms with Gasteiger partial charge in [0.05, 0.1) is 65.8 Å². The van der Waals surface area contributed by atoms with Gasteiger partial charge in [0.1, 0.15) is 0 Å². The predicted molar refractivity (Wildman–Crippen MR) is 412 cm³/mol. The molecule has 8 bridgehead atoms. The number of benzene rings is 4. The largest absolute Gasteiger partial charge is 0.368 e. The van der Waals surface area contributed by atoms with E-state index in [0.717, 1.165) is 89.3 Å². The molecule has 0 amide bonds. The van der Waals surface area contributed by atoms with Gasteiger partial charge in [-0.2, -0.15) is 0 Å². The Morgan fingerprint density at radius 3 is 0.652 bits per heavy atom. The number of hydrogen-bond donors (Lipinski definition) is 2. The van der Waals surface area contributed by atoms with Crippen LogP contribution in [0.3, 0.4) is 0 Å². The van der Waals surface area contributed by atoms with Gasteiger partial charge in [-0.25, -0.2) is 9.97 Å². The lowest BCUT2D eigenvalue weighted by Gasteiger charge is -2.28. The van der Waals surface area contributed by atoms with Crippen molar-refractivity contribution < 1.29 is 0 Å². The highest BCUT2D eigenvalue weighted by atomic mass is 35.5. The quantitative estimate of drug-likeness (QED) is 0.0410. The van der Waals surface area contributed by atoms with Gasteiger partial charge in [0.2, 0.25) is 0 Å². The van der Waals surface area contributed by atoms with Crippen LogP contribution in [0.15, 0.2) is 121 Å². The molecule has 3 aromatic heterocycles. The number of nitrogens with one attached hydrogen (secondary N) is 2. The van der Waals surface area contributed by atoms with Gasteiger partial charge in [0.15, 0.2) is 0 Å². The third kappa shape index (κ3) is 18.9. The Morgan fingerprint density at radius 2 is 0.435 bits per heavy atom. The number of aromatic nitrogens is 4. The summed E-state index contributed by atoms with van der Waals surface area (Å²) in [7, 11) is 0. The molecule has 92 heavy (non-hydrogen) atoms. The van der Waals surface area contributed by atoms with E-state index in [2.05, 4.69) is 163 Å². The highest BCUT2D eigenvalue weighted by molar-refractivity contribution is 6.31. The van der Waals surface area contributed by atoms with Crippen molar-refractivity contribution in [1.82, 2.24) is 19.9 Å². The maximum atomic E-state index is 6.70. The molecular formula is C68H66Cl16N8. The topological polar surface area (TPSA) is 70.3 Å². The fourth-order valence-electron chi connectivity index (χ4n) is 11.2. The maximum Gasteiger partial charge on any atom is 0.0738 e. The first-order valence-corrected chi connectivity index (χ1v) is 37.4. The van der Waals surface area contributed by atoms with Crippen molar-refractivity contribution in [3.63, 3.8) is 0 Å². The number of aromatic amines is 2. The Hall–Kier alpha value is -2.68. The molecule has 5 heterocycles. The summed E-state index contributed by atoms with van der Waals surface area (Å²) in [5, 5.41) is -2.64. The van der Waals surface area contributed by atoms with Gasteiger partial charge >= 0.3 is 0 Å². The molecule has 0 radical (unpaired) electrons. The summed E-state index contributed by atoms with van der Waals surface area (Å²) in [6.07, 6.45) is 8.21. The van der Waals surface area contributed by atoms with Crippen LogP contribution in [0, 0.1) is 0 Å². The molecule has 8 atom stereocenters. The average Bonchev–Trinajstić information content (AvgIpc) is 1.70. The molecule has 0 saturated heterocycles. The standard InChI is InChI=1S/C68H66Cl16N8/c69-25-45(77)33-89(34-46(78)26-70)53-9-1-41(2-10-53)65-57-17-19-59(85-57)66(42-3-11-54(12-4-42)90(35-47(79)27-71)36-48(80)28-72)61-21-23-63(87-61)68(44-7-15-56(16-8-44)92(39-51(83)31-75)40-52(84)32-76)64-24-22-62(88-64)67(60-20-18-58(65)86-60)43-5-13-55(14-6-43)91(37-49(81)29-73)38-50(82)30-74/h1-24,45-52,85-86H,25-40H2. The normalized spacial score (nSPS) is 14.8. The Morgan fingerprint density at radius 1 is 0.250 bits per heavy atom. The third-order valence-electron chi connectivity index (χ3n) is 15.5. The molecule has 8 nitrogen and oxygen atoms in total. The van der Waals surface area contributed by atoms with Crippen LogP contribution >= 0.6 is 186 Å². The molecule has 4 aromatic carbocycles. The molecule has 2 aliphatic rings. The number of fused-ring (bicyclic) bond motifs is 8. The van der Waals surface area contributed by atoms with Crippen LogP contribution in [-0.2, 0) is 0 Å². The lowest BCUT2D eigenvalue weighted by Crippen LogP contribution is -2.36. The van der Waals surface area contributed by atoms with Gasteiger partial charge in [0, 0.05) is 166 Å². The zero-order valence-corrected chi connectivity index (χ0v) is 61.6. The number of anilines is 4. The highest BCUT2D eigenvalue weighted by Crippen LogP contribution is 2.41. The van der Waals surface area contributed by atoms with E-state index in [-0.39, 0.29) is 90.1 Å². The van der Waals surface area contributed by atoms with Crippen molar-refractivity contribution in [2.45, 2.75) is 43.0 Å². The first kappa shape index (κ1) is 73.6. The summed E-state index contributed by atoms with van der Waals surface area (Å²) in [6.45, 7) is 3.70. The van der Waals surface area contributed by atoms with Crippen molar-refractivity contribution in [3.05, 3.63) is 144 Å². The number of halogens is 16. The molecule has 0 saturated carbocycles. The van der Waals surface area contributed by atoms with Crippen molar-refractivity contribution in [1.29, 1.82) is 0 Å². The van der Waals surface area contributed by atoms with E-state index in [1.54, 1.807) is 0 Å². The monoisotopic (exact) mass is 1550 g/mol. The van der Waals surface area contributed by atoms with E-state index in [1.165, 1.54) is 0 Å². The van der Waals surface area contributed by atoms with Crippen molar-refractivity contribution >= 4 is 255 Å². The minimum absolute atomic E-state index is 0.261. The van der Waals surface area contributed by atoms with Gasteiger partial charge in [-0.15, -0.1) is 186 Å². The molecule has 2 N–H and O–H groups in total. The molecule has 9 rings (SSSR count). The second-order valence-corrected chi connectivity index (χ2v) is 29.7. The summed E-state index contributed by atoms with van der Waals surface area (Å²) in [5.41, 5.74) is 16.7. The second kappa shape index (κ2) is 35.7. The van der Waals surface area contributed by atoms with Crippen LogP contribution in [-0.4, -0.2) is 162 Å². The minimum atomic E-state index is -0.333. The number of rotatable bonds is 32. The van der Waals surface area contributed by atoms with Crippen LogP contribution < -0.4 is 19.6 Å². The number of nitrogens with zero attached hydrogens (tertiary/aromatic N) is 6. The Kier molecular flexibility index (Phi) is 28.6. The smallest absolute Gasteiger partial charge is 0.0738 e. The SMILES string of the molecule is ClCC(Cl)CN(CC(Cl)CCl)c1ccc(-c2c3nc(c(-c4ccc(N(CC(Cl)CCl)CC(Cl)CCl)cc4)c4ccc([nH]4)c(-c4ccc(N(CC(Cl)CCl)CC(Cl)CCl)cc4)c4ccc([nH]4)c(-c4ccc(N(CC(Cl)CCl)CC(Cl)CCl)cc4)c4nc2C=C4)C=C3)cc1. The van der Waals surface area contributed by atoms with E-state index >= 15 is 0 Å². The maximum absolute atomic E-state index is 6.70. The Bertz CT molecular complexity index is 3540. The van der Waals surface area contributed by atoms with Crippen molar-refractivity contribution in [2.75, 3.05) is 119 Å². The molecule has 8 unspecified atom stereocenters. The first-order chi connectivity index (χ1) is 44.5. The van der Waals surface area contributed by atoms with Gasteiger partial charge in [0.25, 0.3) is 0 Å². The first-order valence-electron chi connectivity index (χ1n) is 29.7. The van der Waals surface area contributed by atoms with E-state index in [9.17, 15) is 0 Å². The average molecular weight is 1560 g/mol. The molecule has 490 valence electrons. The van der Waals surface area contributed by atoms with Crippen LogP contribution in [0.5, 0.6) is 0 Å².